The molecule has 444 valence electrons. The number of rotatable bonds is 22. The van der Waals surface area contributed by atoms with Crippen molar-refractivity contribution in [3.05, 3.63) is 23.3 Å². The number of epoxide rings is 6. The summed E-state index contributed by atoms with van der Waals surface area (Å²) in [7, 11) is 5.22. The first kappa shape index (κ1) is 65.3. The van der Waals surface area contributed by atoms with Crippen molar-refractivity contribution in [1.29, 1.82) is 0 Å². The van der Waals surface area contributed by atoms with Gasteiger partial charge in [0.2, 0.25) is 0 Å². The molecule has 6 heterocycles. The van der Waals surface area contributed by atoms with Gasteiger partial charge in [0.1, 0.15) is 22.4 Å². The van der Waals surface area contributed by atoms with Gasteiger partial charge in [0, 0.05) is 39.2 Å². The molecule has 2 unspecified atom stereocenters. The van der Waals surface area contributed by atoms with Crippen LogP contribution in [0.3, 0.4) is 0 Å². The monoisotopic (exact) mass is 1090 g/mol. The van der Waals surface area contributed by atoms with E-state index in [4.69, 9.17) is 56.8 Å². The Morgan fingerprint density at radius 3 is 1.36 bits per heavy atom. The molecule has 3 aliphatic carbocycles. The van der Waals surface area contributed by atoms with Crippen molar-refractivity contribution < 1.29 is 71.2 Å². The Balaban J connectivity index is 0.000000210. The van der Waals surface area contributed by atoms with Gasteiger partial charge in [0.25, 0.3) is 0 Å². The van der Waals surface area contributed by atoms with Crippen molar-refractivity contribution in [2.75, 3.05) is 61.0 Å². The van der Waals surface area contributed by atoms with Crippen molar-refractivity contribution in [2.45, 2.75) is 252 Å². The second-order valence-corrected chi connectivity index (χ2v) is 25.0. The van der Waals surface area contributed by atoms with Crippen LogP contribution in [-0.2, 0) is 71.2 Å². The zero-order chi connectivity index (χ0) is 54.7. The lowest BCUT2D eigenvalue weighted by molar-refractivity contribution is -0.149. The highest BCUT2D eigenvalue weighted by atomic mass is 16.6. The molecular formula is C62H106O15. The summed E-state index contributed by atoms with van der Waals surface area (Å²) in [4.78, 5) is 36.0. The van der Waals surface area contributed by atoms with Crippen molar-refractivity contribution >= 4 is 17.9 Å². The second kappa shape index (κ2) is 26.6. The van der Waals surface area contributed by atoms with Crippen LogP contribution >= 0.6 is 0 Å². The van der Waals surface area contributed by atoms with E-state index in [2.05, 4.69) is 68.4 Å². The van der Waals surface area contributed by atoms with E-state index in [9.17, 15) is 14.4 Å². The van der Waals surface area contributed by atoms with Crippen LogP contribution in [0.2, 0.25) is 0 Å². The molecule has 3 spiro atoms. The highest BCUT2D eigenvalue weighted by molar-refractivity contribution is 5.83. The number of carbonyl (C=O) groups excluding carboxylic acids is 3. The Kier molecular flexibility index (Phi) is 22.6. The number of hydrogen-bond acceptors (Lipinski definition) is 15. The summed E-state index contributed by atoms with van der Waals surface area (Å²) in [6, 6.07) is 0. The molecule has 77 heavy (non-hydrogen) atoms. The Morgan fingerprint density at radius 1 is 0.597 bits per heavy atom. The third-order valence-electron chi connectivity index (χ3n) is 18.6. The van der Waals surface area contributed by atoms with E-state index in [0.29, 0.717) is 44.5 Å². The molecule has 17 atom stereocenters. The first-order valence-electron chi connectivity index (χ1n) is 28.9. The quantitative estimate of drug-likeness (QED) is 0.0328. The molecule has 0 aromatic heterocycles. The van der Waals surface area contributed by atoms with Crippen LogP contribution in [-0.4, -0.2) is 149 Å². The smallest absolute Gasteiger partial charge is 0.330 e. The van der Waals surface area contributed by atoms with E-state index >= 15 is 0 Å². The average molecular weight is 1090 g/mol. The Hall–Kier alpha value is -2.47. The van der Waals surface area contributed by atoms with Crippen LogP contribution in [0, 0.1) is 41.4 Å². The Bertz CT molecular complexity index is 1910. The van der Waals surface area contributed by atoms with Gasteiger partial charge in [-0.25, -0.2) is 4.79 Å². The summed E-state index contributed by atoms with van der Waals surface area (Å²) in [5.74, 6) is 1.64. The van der Waals surface area contributed by atoms with Gasteiger partial charge in [-0.2, -0.15) is 0 Å². The van der Waals surface area contributed by atoms with Crippen LogP contribution in [0.25, 0.3) is 0 Å². The number of hydrogen-bond donors (Lipinski definition) is 0. The number of allylic oxidation sites excluding steroid dienone is 1. The van der Waals surface area contributed by atoms with Crippen LogP contribution in [0.4, 0.5) is 0 Å². The van der Waals surface area contributed by atoms with Crippen molar-refractivity contribution in [3.8, 4) is 0 Å². The summed E-state index contributed by atoms with van der Waals surface area (Å²) >= 11 is 0. The van der Waals surface area contributed by atoms with Gasteiger partial charge in [-0.15, -0.1) is 0 Å². The predicted octanol–water partition coefficient (Wildman–Crippen LogP) is 11.1. The fourth-order valence-corrected chi connectivity index (χ4v) is 14.2. The number of methoxy groups -OCH3 is 3. The molecule has 0 bridgehead atoms. The lowest BCUT2D eigenvalue weighted by Gasteiger charge is -2.43. The molecule has 0 amide bonds. The maximum Gasteiger partial charge on any atom is 0.330 e. The first-order chi connectivity index (χ1) is 35.6. The molecular weight excluding hydrogens is 985 g/mol. The zero-order valence-corrected chi connectivity index (χ0v) is 48.7. The summed E-state index contributed by atoms with van der Waals surface area (Å²) in [5, 5.41) is 0. The van der Waals surface area contributed by atoms with Gasteiger partial charge >= 0.3 is 17.9 Å². The Labute approximate surface area is 464 Å². The number of ether oxygens (including phenoxy) is 12. The molecule has 0 N–H and O–H groups in total. The van der Waals surface area contributed by atoms with Crippen molar-refractivity contribution in [2.24, 2.45) is 41.4 Å². The van der Waals surface area contributed by atoms with Gasteiger partial charge in [-0.3, -0.25) is 9.59 Å². The molecule has 9 rings (SSSR count). The summed E-state index contributed by atoms with van der Waals surface area (Å²) in [6.07, 6.45) is 16.1. The third-order valence-corrected chi connectivity index (χ3v) is 18.6. The molecule has 0 aromatic rings. The average Bonchev–Trinajstić information content (AvgIpc) is 4.06. The van der Waals surface area contributed by atoms with Crippen molar-refractivity contribution in [3.63, 3.8) is 0 Å². The van der Waals surface area contributed by atoms with Crippen LogP contribution in [0.15, 0.2) is 23.3 Å². The van der Waals surface area contributed by atoms with Crippen LogP contribution < -0.4 is 0 Å². The lowest BCUT2D eigenvalue weighted by Crippen LogP contribution is -2.53. The van der Waals surface area contributed by atoms with Gasteiger partial charge < -0.3 is 56.8 Å². The zero-order valence-electron chi connectivity index (χ0n) is 48.7. The molecule has 6 saturated heterocycles. The summed E-state index contributed by atoms with van der Waals surface area (Å²) in [5.41, 5.74) is 1.24. The second-order valence-electron chi connectivity index (χ2n) is 25.0. The Morgan fingerprint density at radius 2 is 1.00 bits per heavy atom. The van der Waals surface area contributed by atoms with E-state index in [-0.39, 0.29) is 133 Å². The van der Waals surface area contributed by atoms with Gasteiger partial charge in [0.15, 0.2) is 0 Å². The molecule has 0 aromatic carbocycles. The fourth-order valence-electron chi connectivity index (χ4n) is 14.2. The van der Waals surface area contributed by atoms with E-state index in [1.165, 1.54) is 18.4 Å². The fraction of sp³-hybridized carbons (Fsp3) is 0.887. The van der Waals surface area contributed by atoms with E-state index in [0.717, 1.165) is 83.2 Å². The van der Waals surface area contributed by atoms with Crippen LogP contribution in [0.1, 0.15) is 181 Å². The molecule has 0 radical (unpaired) electrons. The van der Waals surface area contributed by atoms with Gasteiger partial charge in [0.05, 0.1) is 106 Å². The molecule has 3 saturated carbocycles. The largest absolute Gasteiger partial charge is 0.466 e. The normalized spacial score (nSPS) is 40.9. The highest BCUT2D eigenvalue weighted by Crippen LogP contribution is 2.63. The summed E-state index contributed by atoms with van der Waals surface area (Å²) < 4.78 is 69.6. The molecule has 9 fully saturated rings. The maximum absolute atomic E-state index is 12.0. The van der Waals surface area contributed by atoms with Gasteiger partial charge in [-0.1, -0.05) is 54.2 Å². The third kappa shape index (κ3) is 14.8. The highest BCUT2D eigenvalue weighted by Gasteiger charge is 2.74. The standard InChI is InChI=1S/2C20H34O5.C20H30O5.2CH4/c3*1-6-23-16(21)11-14-9-10-20(12-24-20)18(17(14)22-5)19(4)15(25-19)8-7-13(2)3;;/h2*13-15,17-18H,6-12H2,1-5H3;7,11,15,17-18H,6,8-10,12H2,1-5H3;2*1H4/t2*14?,15-,17-,18-,19+,20+;15-,17-,18-,19+,20+;;/m111../s1. The molecule has 9 aliphatic rings. The van der Waals surface area contributed by atoms with Gasteiger partial charge in [-0.05, 0) is 155 Å². The maximum atomic E-state index is 12.0. The minimum Gasteiger partial charge on any atom is -0.466 e. The SMILES string of the molecule is C.C.CCOC(=O)C=C1CC[C@]2(CO2)[C@@H]([C@@]2(C)O[C@@H]2CC=C(C)C)[C@@H]1OC.CCOC(=O)CC1CC[C@]2(CO2)[C@@H]([C@@]2(C)O[C@@H]2CCC(C)C)[C@@H]1OC.CCOC(=O)CC1CC[C@]2(CO2)[C@@H]([C@@]2(C)O[C@@H]2CCC(C)C)[C@@H]1OC. The lowest BCUT2D eigenvalue weighted by atomic mass is 9.64. The number of carbonyl (C=O) groups is 3. The summed E-state index contributed by atoms with van der Waals surface area (Å²) in [6.45, 7) is 28.9. The van der Waals surface area contributed by atoms with E-state index in [1.54, 1.807) is 27.4 Å². The predicted molar refractivity (Wildman–Crippen MR) is 296 cm³/mol. The topological polar surface area (TPSA) is 182 Å². The number of esters is 3. The molecule has 15 heteroatoms. The minimum absolute atomic E-state index is 0. The van der Waals surface area contributed by atoms with E-state index in [1.807, 2.05) is 20.8 Å². The van der Waals surface area contributed by atoms with Crippen LogP contribution in [0.5, 0.6) is 0 Å². The molecule has 6 aliphatic heterocycles. The van der Waals surface area contributed by atoms with E-state index < -0.39 is 0 Å². The van der Waals surface area contributed by atoms with Crippen molar-refractivity contribution in [1.82, 2.24) is 0 Å². The first-order valence-corrected chi connectivity index (χ1v) is 28.9. The minimum atomic E-state index is -0.297. The molecule has 15 nitrogen and oxygen atoms in total.